The van der Waals surface area contributed by atoms with Crippen molar-refractivity contribution in [2.75, 3.05) is 0 Å². The predicted molar refractivity (Wildman–Crippen MR) is 78.1 cm³/mol. The molecule has 2 heterocycles. The lowest BCUT2D eigenvalue weighted by Crippen LogP contribution is -2.26. The van der Waals surface area contributed by atoms with Crippen molar-refractivity contribution < 1.29 is 18.1 Å². The monoisotopic (exact) mass is 315 g/mol. The Morgan fingerprint density at radius 3 is 2.78 bits per heavy atom. The number of aromatic nitrogens is 2. The summed E-state index contributed by atoms with van der Waals surface area (Å²) in [6.45, 7) is 1.74. The molecule has 0 radical (unpaired) electrons. The van der Waals surface area contributed by atoms with Crippen molar-refractivity contribution >= 4 is 5.91 Å². The Kier molecular flexibility index (Phi) is 4.18. The van der Waals surface area contributed by atoms with Crippen LogP contribution in [-0.2, 0) is 6.42 Å². The van der Waals surface area contributed by atoms with E-state index in [1.165, 1.54) is 24.7 Å². The Hall–Kier alpha value is -2.96. The highest BCUT2D eigenvalue weighted by Crippen LogP contribution is 2.13. The van der Waals surface area contributed by atoms with Crippen molar-refractivity contribution in [3.63, 3.8) is 0 Å². The first-order chi connectivity index (χ1) is 11.1. The minimum Gasteiger partial charge on any atom is -0.472 e. The van der Waals surface area contributed by atoms with Gasteiger partial charge in [0.2, 0.25) is 5.89 Å². The average molecular weight is 315 g/mol. The quantitative estimate of drug-likeness (QED) is 0.783. The number of carbonyl (C=O) groups excluding carboxylic acids is 1. The van der Waals surface area contributed by atoms with Crippen LogP contribution in [0.3, 0.4) is 0 Å². The standard InChI is InChI=1S/C16H14FN3O3/c1-10(18-15(21)12-6-7-22-9-12)16-19-14(20-23-16)8-11-2-4-13(17)5-3-11/h2-7,9-10H,8H2,1H3,(H,18,21)/t10-/m1/s1. The second kappa shape index (κ2) is 6.43. The van der Waals surface area contributed by atoms with Crippen LogP contribution in [0.1, 0.15) is 40.6 Å². The topological polar surface area (TPSA) is 81.2 Å². The molecule has 1 aromatic carbocycles. The van der Waals surface area contributed by atoms with E-state index in [2.05, 4.69) is 15.5 Å². The Labute approximate surface area is 131 Å². The maximum absolute atomic E-state index is 12.9. The number of carbonyl (C=O) groups is 1. The Bertz CT molecular complexity index is 781. The summed E-state index contributed by atoms with van der Waals surface area (Å²) in [7, 11) is 0. The molecule has 3 aromatic rings. The third-order valence-electron chi connectivity index (χ3n) is 3.26. The Morgan fingerprint density at radius 2 is 2.09 bits per heavy atom. The molecule has 0 unspecified atom stereocenters. The van der Waals surface area contributed by atoms with Crippen molar-refractivity contribution in [3.8, 4) is 0 Å². The lowest BCUT2D eigenvalue weighted by molar-refractivity contribution is 0.0932. The van der Waals surface area contributed by atoms with Gasteiger partial charge in [0.25, 0.3) is 5.91 Å². The number of benzene rings is 1. The molecular weight excluding hydrogens is 301 g/mol. The third kappa shape index (κ3) is 3.63. The van der Waals surface area contributed by atoms with E-state index in [1.54, 1.807) is 25.1 Å². The first-order valence-electron chi connectivity index (χ1n) is 7.02. The van der Waals surface area contributed by atoms with Crippen molar-refractivity contribution in [2.45, 2.75) is 19.4 Å². The van der Waals surface area contributed by atoms with E-state index >= 15 is 0 Å². The van der Waals surface area contributed by atoms with Crippen molar-refractivity contribution in [3.05, 3.63) is 71.5 Å². The van der Waals surface area contributed by atoms with Gasteiger partial charge in [0.05, 0.1) is 11.8 Å². The third-order valence-corrected chi connectivity index (χ3v) is 3.26. The minimum atomic E-state index is -0.438. The van der Waals surface area contributed by atoms with Gasteiger partial charge in [-0.2, -0.15) is 4.98 Å². The molecule has 1 N–H and O–H groups in total. The number of rotatable bonds is 5. The molecule has 0 bridgehead atoms. The van der Waals surface area contributed by atoms with Gasteiger partial charge in [0.1, 0.15) is 18.1 Å². The summed E-state index contributed by atoms with van der Waals surface area (Å²) in [5, 5.41) is 6.61. The zero-order chi connectivity index (χ0) is 16.2. The Balaban J connectivity index is 1.64. The van der Waals surface area contributed by atoms with Crippen molar-refractivity contribution in [1.29, 1.82) is 0 Å². The Morgan fingerprint density at radius 1 is 1.30 bits per heavy atom. The first kappa shape index (κ1) is 15.0. The molecule has 3 rings (SSSR count). The number of hydrogen-bond acceptors (Lipinski definition) is 5. The molecule has 0 saturated heterocycles. The predicted octanol–water partition coefficient (Wildman–Crippen LogP) is 2.88. The zero-order valence-electron chi connectivity index (χ0n) is 12.3. The fourth-order valence-corrected chi connectivity index (χ4v) is 2.04. The van der Waals surface area contributed by atoms with E-state index in [1.807, 2.05) is 0 Å². The molecule has 0 saturated carbocycles. The molecule has 6 nitrogen and oxygen atoms in total. The van der Waals surface area contributed by atoms with Crippen LogP contribution in [0, 0.1) is 5.82 Å². The molecule has 2 aromatic heterocycles. The number of halogens is 1. The van der Waals surface area contributed by atoms with Crippen molar-refractivity contribution in [1.82, 2.24) is 15.5 Å². The number of furan rings is 1. The van der Waals surface area contributed by atoms with Crippen LogP contribution in [0.4, 0.5) is 4.39 Å². The summed E-state index contributed by atoms with van der Waals surface area (Å²) < 4.78 is 22.9. The zero-order valence-corrected chi connectivity index (χ0v) is 12.3. The largest absolute Gasteiger partial charge is 0.472 e. The molecule has 7 heteroatoms. The number of amides is 1. The highest BCUT2D eigenvalue weighted by atomic mass is 19.1. The van der Waals surface area contributed by atoms with E-state index in [4.69, 9.17) is 8.94 Å². The van der Waals surface area contributed by atoms with Crippen LogP contribution in [0.15, 0.2) is 51.8 Å². The van der Waals surface area contributed by atoms with Gasteiger partial charge >= 0.3 is 0 Å². The van der Waals surface area contributed by atoms with Gasteiger partial charge in [-0.15, -0.1) is 0 Å². The van der Waals surface area contributed by atoms with E-state index < -0.39 is 6.04 Å². The minimum absolute atomic E-state index is 0.287. The summed E-state index contributed by atoms with van der Waals surface area (Å²) >= 11 is 0. The SMILES string of the molecule is C[C@@H](NC(=O)c1ccoc1)c1nc(Cc2ccc(F)cc2)no1. The molecule has 0 fully saturated rings. The lowest BCUT2D eigenvalue weighted by Gasteiger charge is -2.07. The maximum Gasteiger partial charge on any atom is 0.255 e. The number of hydrogen-bond donors (Lipinski definition) is 1. The van der Waals surface area contributed by atoms with Crippen LogP contribution >= 0.6 is 0 Å². The molecule has 118 valence electrons. The average Bonchev–Trinajstić information content (AvgIpc) is 3.21. The highest BCUT2D eigenvalue weighted by Gasteiger charge is 2.18. The van der Waals surface area contributed by atoms with Gasteiger partial charge in [-0.1, -0.05) is 17.3 Å². The molecule has 1 atom stereocenters. The fourth-order valence-electron chi connectivity index (χ4n) is 2.04. The van der Waals surface area contributed by atoms with Crippen LogP contribution in [0.25, 0.3) is 0 Å². The van der Waals surface area contributed by atoms with Gasteiger partial charge in [-0.3, -0.25) is 4.79 Å². The van der Waals surface area contributed by atoms with Crippen LogP contribution in [-0.4, -0.2) is 16.0 Å². The summed E-state index contributed by atoms with van der Waals surface area (Å²) in [6, 6.07) is 7.21. The fraction of sp³-hybridized carbons (Fsp3) is 0.188. The van der Waals surface area contributed by atoms with Gasteiger partial charge in [0, 0.05) is 6.42 Å². The van der Waals surface area contributed by atoms with Crippen molar-refractivity contribution in [2.24, 2.45) is 0 Å². The molecule has 0 aliphatic carbocycles. The van der Waals surface area contributed by atoms with Crippen LogP contribution < -0.4 is 5.32 Å². The molecule has 23 heavy (non-hydrogen) atoms. The van der Waals surface area contributed by atoms with E-state index in [0.717, 1.165) is 5.56 Å². The molecule has 0 aliphatic rings. The molecule has 0 spiro atoms. The summed E-state index contributed by atoms with van der Waals surface area (Å²) in [5.41, 5.74) is 1.29. The van der Waals surface area contributed by atoms with Gasteiger partial charge < -0.3 is 14.3 Å². The maximum atomic E-state index is 12.9. The summed E-state index contributed by atoms with van der Waals surface area (Å²) in [4.78, 5) is 16.2. The van der Waals surface area contributed by atoms with Crippen LogP contribution in [0.2, 0.25) is 0 Å². The summed E-state index contributed by atoms with van der Waals surface area (Å²) in [5.74, 6) is 0.192. The highest BCUT2D eigenvalue weighted by molar-refractivity contribution is 5.93. The first-order valence-corrected chi connectivity index (χ1v) is 7.02. The molecule has 0 aliphatic heterocycles. The van der Waals surface area contributed by atoms with Gasteiger partial charge in [-0.25, -0.2) is 4.39 Å². The second-order valence-electron chi connectivity index (χ2n) is 5.06. The normalized spacial score (nSPS) is 12.1. The van der Waals surface area contributed by atoms with E-state index in [0.29, 0.717) is 23.7 Å². The number of nitrogens with zero attached hydrogens (tertiary/aromatic N) is 2. The van der Waals surface area contributed by atoms with Gasteiger partial charge in [0.15, 0.2) is 5.82 Å². The van der Waals surface area contributed by atoms with Crippen LogP contribution in [0.5, 0.6) is 0 Å². The van der Waals surface area contributed by atoms with Gasteiger partial charge in [-0.05, 0) is 30.7 Å². The summed E-state index contributed by atoms with van der Waals surface area (Å²) in [6.07, 6.45) is 3.20. The number of nitrogens with one attached hydrogen (secondary N) is 1. The second-order valence-corrected chi connectivity index (χ2v) is 5.06. The lowest BCUT2D eigenvalue weighted by atomic mass is 10.1. The molecule has 1 amide bonds. The smallest absolute Gasteiger partial charge is 0.255 e. The van der Waals surface area contributed by atoms with E-state index in [9.17, 15) is 9.18 Å². The van der Waals surface area contributed by atoms with E-state index in [-0.39, 0.29) is 11.7 Å². The molecular formula is C16H14FN3O3.